The molecule has 0 radical (unpaired) electrons. The molecule has 0 aromatic heterocycles. The lowest BCUT2D eigenvalue weighted by Gasteiger charge is -2.20. The molecule has 1 aromatic carbocycles. The van der Waals surface area contributed by atoms with Crippen LogP contribution >= 0.6 is 0 Å². The van der Waals surface area contributed by atoms with Crippen LogP contribution in [0, 0.1) is 0 Å². The first-order valence-corrected chi connectivity index (χ1v) is 4.09. The summed E-state index contributed by atoms with van der Waals surface area (Å²) in [4.78, 5) is 10.9. The minimum absolute atomic E-state index is 0.134. The van der Waals surface area contributed by atoms with E-state index in [4.69, 9.17) is 0 Å². The predicted octanol–water partition coefficient (Wildman–Crippen LogP) is 0.246. The molecular formula is C9H10N2O2. The van der Waals surface area contributed by atoms with Crippen LogP contribution in [0.2, 0.25) is 0 Å². The van der Waals surface area contributed by atoms with Crippen molar-refractivity contribution in [3.05, 3.63) is 30.3 Å². The van der Waals surface area contributed by atoms with Crippen molar-refractivity contribution in [3.63, 3.8) is 0 Å². The van der Waals surface area contributed by atoms with Gasteiger partial charge in [0.1, 0.15) is 0 Å². The number of nitrogens with one attached hydrogen (secondary N) is 1. The molecule has 13 heavy (non-hydrogen) atoms. The Labute approximate surface area is 75.8 Å². The van der Waals surface area contributed by atoms with Gasteiger partial charge in [-0.1, -0.05) is 18.2 Å². The lowest BCUT2D eigenvalue weighted by atomic mass is 10.3. The second-order valence-corrected chi connectivity index (χ2v) is 2.93. The summed E-state index contributed by atoms with van der Waals surface area (Å²) in [6, 6.07) is 9.25. The molecule has 2 rings (SSSR count). The van der Waals surface area contributed by atoms with Crippen LogP contribution in [-0.2, 0) is 4.79 Å². The number of amides is 1. The van der Waals surface area contributed by atoms with Gasteiger partial charge in [-0.25, -0.2) is 0 Å². The van der Waals surface area contributed by atoms with Crippen molar-refractivity contribution in [3.8, 4) is 0 Å². The number of anilines is 1. The van der Waals surface area contributed by atoms with Crippen molar-refractivity contribution in [1.82, 2.24) is 5.43 Å². The van der Waals surface area contributed by atoms with Crippen molar-refractivity contribution in [2.24, 2.45) is 0 Å². The Hall–Kier alpha value is -1.55. The van der Waals surface area contributed by atoms with Crippen LogP contribution in [0.3, 0.4) is 0 Å². The SMILES string of the molecule is O=C1CC(O)N(c2ccccc2)N1. The van der Waals surface area contributed by atoms with E-state index in [9.17, 15) is 9.90 Å². The van der Waals surface area contributed by atoms with Crippen molar-refractivity contribution >= 4 is 11.6 Å². The average molecular weight is 178 g/mol. The summed E-state index contributed by atoms with van der Waals surface area (Å²) in [5.74, 6) is -0.156. The molecule has 1 unspecified atom stereocenters. The average Bonchev–Trinajstić information content (AvgIpc) is 2.47. The third-order valence-electron chi connectivity index (χ3n) is 1.95. The Kier molecular flexibility index (Phi) is 1.90. The van der Waals surface area contributed by atoms with Gasteiger partial charge in [-0.2, -0.15) is 0 Å². The molecule has 1 aliphatic heterocycles. The molecule has 0 spiro atoms. The van der Waals surface area contributed by atoms with Crippen molar-refractivity contribution in [1.29, 1.82) is 0 Å². The maximum atomic E-state index is 10.9. The fourth-order valence-corrected chi connectivity index (χ4v) is 1.34. The standard InChI is InChI=1S/C9H10N2O2/c12-8-6-9(13)11(10-8)7-4-2-1-3-5-7/h1-5,9,13H,6H2,(H,10,12). The molecule has 1 fully saturated rings. The highest BCUT2D eigenvalue weighted by molar-refractivity contribution is 5.82. The van der Waals surface area contributed by atoms with Gasteiger partial charge in [-0.15, -0.1) is 0 Å². The number of hydrazine groups is 1. The van der Waals surface area contributed by atoms with Gasteiger partial charge >= 0.3 is 0 Å². The molecule has 2 N–H and O–H groups in total. The first kappa shape index (κ1) is 8.07. The molecule has 1 heterocycles. The number of carbonyl (C=O) groups excluding carboxylic acids is 1. The molecule has 1 atom stereocenters. The minimum atomic E-state index is -0.755. The molecule has 0 bridgehead atoms. The van der Waals surface area contributed by atoms with E-state index in [1.54, 1.807) is 0 Å². The van der Waals surface area contributed by atoms with Gasteiger partial charge in [-0.05, 0) is 12.1 Å². The van der Waals surface area contributed by atoms with Gasteiger partial charge in [0.25, 0.3) is 0 Å². The van der Waals surface area contributed by atoms with E-state index in [0.717, 1.165) is 5.69 Å². The van der Waals surface area contributed by atoms with E-state index in [-0.39, 0.29) is 12.3 Å². The van der Waals surface area contributed by atoms with Crippen molar-refractivity contribution in [2.45, 2.75) is 12.6 Å². The molecular weight excluding hydrogens is 168 g/mol. The molecule has 4 heteroatoms. The number of benzene rings is 1. The highest BCUT2D eigenvalue weighted by Crippen LogP contribution is 2.18. The van der Waals surface area contributed by atoms with E-state index in [1.165, 1.54) is 5.01 Å². The van der Waals surface area contributed by atoms with E-state index in [2.05, 4.69) is 5.43 Å². The van der Waals surface area contributed by atoms with Crippen molar-refractivity contribution < 1.29 is 9.90 Å². The number of hydrogen-bond acceptors (Lipinski definition) is 3. The van der Waals surface area contributed by atoms with E-state index in [0.29, 0.717) is 0 Å². The zero-order valence-corrected chi connectivity index (χ0v) is 6.97. The third-order valence-corrected chi connectivity index (χ3v) is 1.95. The molecule has 0 saturated carbocycles. The zero-order valence-electron chi connectivity index (χ0n) is 6.97. The molecule has 4 nitrogen and oxygen atoms in total. The lowest BCUT2D eigenvalue weighted by molar-refractivity contribution is -0.119. The zero-order chi connectivity index (χ0) is 9.26. The van der Waals surface area contributed by atoms with Crippen LogP contribution in [0.25, 0.3) is 0 Å². The van der Waals surface area contributed by atoms with Gasteiger partial charge in [0.2, 0.25) is 5.91 Å². The summed E-state index contributed by atoms with van der Waals surface area (Å²) < 4.78 is 0. The predicted molar refractivity (Wildman–Crippen MR) is 47.7 cm³/mol. The van der Waals surface area contributed by atoms with Gasteiger partial charge in [0, 0.05) is 0 Å². The third kappa shape index (κ3) is 1.48. The van der Waals surface area contributed by atoms with Crippen LogP contribution in [0.4, 0.5) is 5.69 Å². The van der Waals surface area contributed by atoms with E-state index >= 15 is 0 Å². The summed E-state index contributed by atoms with van der Waals surface area (Å²) in [7, 11) is 0. The van der Waals surface area contributed by atoms with Crippen LogP contribution in [-0.4, -0.2) is 17.2 Å². The highest BCUT2D eigenvalue weighted by atomic mass is 16.3. The first-order valence-electron chi connectivity index (χ1n) is 4.09. The van der Waals surface area contributed by atoms with Crippen LogP contribution < -0.4 is 10.4 Å². The molecule has 1 aliphatic rings. The molecule has 68 valence electrons. The summed E-state index contributed by atoms with van der Waals surface area (Å²) in [5.41, 5.74) is 3.36. The first-order chi connectivity index (χ1) is 6.27. The Balaban J connectivity index is 2.23. The molecule has 0 aliphatic carbocycles. The number of rotatable bonds is 1. The summed E-state index contributed by atoms with van der Waals surface area (Å²) in [6.45, 7) is 0. The summed E-state index contributed by atoms with van der Waals surface area (Å²) >= 11 is 0. The normalized spacial score (nSPS) is 21.8. The van der Waals surface area contributed by atoms with Gasteiger partial charge in [-0.3, -0.25) is 15.2 Å². The van der Waals surface area contributed by atoms with Crippen LogP contribution in [0.15, 0.2) is 30.3 Å². The smallest absolute Gasteiger partial charge is 0.243 e. The topological polar surface area (TPSA) is 52.6 Å². The highest BCUT2D eigenvalue weighted by Gasteiger charge is 2.27. The molecule has 1 saturated heterocycles. The van der Waals surface area contributed by atoms with Gasteiger partial charge < -0.3 is 5.11 Å². The van der Waals surface area contributed by atoms with E-state index < -0.39 is 6.23 Å². The Bertz CT molecular complexity index is 313. The van der Waals surface area contributed by atoms with Crippen LogP contribution in [0.1, 0.15) is 6.42 Å². The Morgan fingerprint density at radius 3 is 2.62 bits per heavy atom. The van der Waals surface area contributed by atoms with Gasteiger partial charge in [0.05, 0.1) is 12.1 Å². The number of aliphatic hydroxyl groups is 1. The second-order valence-electron chi connectivity index (χ2n) is 2.93. The number of para-hydroxylation sites is 1. The summed E-state index contributed by atoms with van der Waals surface area (Å²) in [6.07, 6.45) is -0.621. The lowest BCUT2D eigenvalue weighted by Crippen LogP contribution is -2.38. The van der Waals surface area contributed by atoms with E-state index in [1.807, 2.05) is 30.3 Å². The maximum absolute atomic E-state index is 10.9. The maximum Gasteiger partial charge on any atom is 0.243 e. The Morgan fingerprint density at radius 1 is 1.38 bits per heavy atom. The fourth-order valence-electron chi connectivity index (χ4n) is 1.34. The van der Waals surface area contributed by atoms with Crippen molar-refractivity contribution in [2.75, 3.05) is 5.01 Å². The van der Waals surface area contributed by atoms with Crippen LogP contribution in [0.5, 0.6) is 0 Å². The number of aliphatic hydroxyl groups excluding tert-OH is 1. The number of nitrogens with zero attached hydrogens (tertiary/aromatic N) is 1. The number of hydrogen-bond donors (Lipinski definition) is 2. The quantitative estimate of drug-likeness (QED) is 0.648. The monoisotopic (exact) mass is 178 g/mol. The molecule has 1 aromatic rings. The Morgan fingerprint density at radius 2 is 2.08 bits per heavy atom. The number of carbonyl (C=O) groups is 1. The minimum Gasteiger partial charge on any atom is -0.371 e. The fraction of sp³-hybridized carbons (Fsp3) is 0.222. The second kappa shape index (κ2) is 3.06. The molecule has 1 amide bonds. The largest absolute Gasteiger partial charge is 0.371 e. The summed E-state index contributed by atoms with van der Waals surface area (Å²) in [5, 5.41) is 10.9. The van der Waals surface area contributed by atoms with Gasteiger partial charge in [0.15, 0.2) is 6.23 Å².